The topological polar surface area (TPSA) is 78.7 Å². The van der Waals surface area contributed by atoms with E-state index < -0.39 is 6.03 Å². The molecule has 6 heteroatoms. The van der Waals surface area contributed by atoms with E-state index in [1.807, 2.05) is 29.2 Å². The van der Waals surface area contributed by atoms with Gasteiger partial charge in [-0.25, -0.2) is 4.79 Å². The van der Waals surface area contributed by atoms with Gasteiger partial charge in [0.15, 0.2) is 0 Å². The molecule has 1 atom stereocenters. The van der Waals surface area contributed by atoms with Gasteiger partial charge in [0.2, 0.25) is 0 Å². The second-order valence-corrected chi connectivity index (χ2v) is 6.35. The van der Waals surface area contributed by atoms with Gasteiger partial charge in [-0.05, 0) is 50.0 Å². The number of primary amides is 1. The first-order valence-corrected chi connectivity index (χ1v) is 8.29. The van der Waals surface area contributed by atoms with Gasteiger partial charge in [-0.1, -0.05) is 12.1 Å². The number of amides is 3. The molecule has 2 saturated heterocycles. The average Bonchev–Trinajstić information content (AvgIpc) is 3.23. The molecule has 0 aromatic heterocycles. The maximum Gasteiger partial charge on any atom is 0.312 e. The van der Waals surface area contributed by atoms with Crippen LogP contribution in [0.25, 0.3) is 0 Å². The predicted molar refractivity (Wildman–Crippen MR) is 88.0 cm³/mol. The highest BCUT2D eigenvalue weighted by molar-refractivity contribution is 5.94. The lowest BCUT2D eigenvalue weighted by Crippen LogP contribution is -2.37. The van der Waals surface area contributed by atoms with E-state index in [4.69, 9.17) is 5.73 Å². The van der Waals surface area contributed by atoms with E-state index in [9.17, 15) is 9.59 Å². The van der Waals surface area contributed by atoms with Crippen LogP contribution >= 0.6 is 0 Å². The number of carbonyl (C=O) groups excluding carboxylic acids is 2. The number of nitrogens with two attached hydrogens (primary N) is 1. The third-order valence-electron chi connectivity index (χ3n) is 4.78. The van der Waals surface area contributed by atoms with E-state index in [1.54, 1.807) is 0 Å². The summed E-state index contributed by atoms with van der Waals surface area (Å²) in [6, 6.07) is 7.34. The van der Waals surface area contributed by atoms with Crippen molar-refractivity contribution in [1.82, 2.24) is 15.1 Å². The summed E-state index contributed by atoms with van der Waals surface area (Å²) < 4.78 is 0. The molecule has 2 aliphatic rings. The predicted octanol–water partition coefficient (Wildman–Crippen LogP) is 1.17. The lowest BCUT2D eigenvalue weighted by molar-refractivity contribution is 0.0780. The molecular weight excluding hydrogens is 292 g/mol. The molecule has 2 fully saturated rings. The SMILES string of the molecule is NC(=O)NCc1ccc(C(=O)N2CCC(N3CCCC3)C2)cc1. The maximum atomic E-state index is 12.6. The van der Waals surface area contributed by atoms with Crippen LogP contribution in [0.1, 0.15) is 35.2 Å². The van der Waals surface area contributed by atoms with Crippen molar-refractivity contribution < 1.29 is 9.59 Å². The summed E-state index contributed by atoms with van der Waals surface area (Å²) >= 11 is 0. The zero-order valence-corrected chi connectivity index (χ0v) is 13.3. The van der Waals surface area contributed by atoms with Crippen molar-refractivity contribution in [3.63, 3.8) is 0 Å². The normalized spacial score (nSPS) is 21.6. The van der Waals surface area contributed by atoms with Gasteiger partial charge in [0, 0.05) is 31.2 Å². The fourth-order valence-corrected chi connectivity index (χ4v) is 3.47. The Hall–Kier alpha value is -2.08. The van der Waals surface area contributed by atoms with E-state index >= 15 is 0 Å². The number of rotatable bonds is 4. The average molecular weight is 316 g/mol. The van der Waals surface area contributed by atoms with Crippen LogP contribution in [-0.2, 0) is 6.54 Å². The molecule has 23 heavy (non-hydrogen) atoms. The monoisotopic (exact) mass is 316 g/mol. The van der Waals surface area contributed by atoms with E-state index in [2.05, 4.69) is 10.2 Å². The Kier molecular flexibility index (Phi) is 4.81. The van der Waals surface area contributed by atoms with Crippen LogP contribution in [0.5, 0.6) is 0 Å². The summed E-state index contributed by atoms with van der Waals surface area (Å²) in [6.45, 7) is 4.40. The summed E-state index contributed by atoms with van der Waals surface area (Å²) in [5.41, 5.74) is 6.68. The third kappa shape index (κ3) is 3.82. The molecule has 1 aromatic carbocycles. The largest absolute Gasteiger partial charge is 0.352 e. The van der Waals surface area contributed by atoms with Crippen LogP contribution in [0.15, 0.2) is 24.3 Å². The molecule has 0 spiro atoms. The molecule has 2 aliphatic heterocycles. The second-order valence-electron chi connectivity index (χ2n) is 6.35. The molecule has 3 rings (SSSR count). The summed E-state index contributed by atoms with van der Waals surface area (Å²) in [5.74, 6) is 0.0982. The zero-order valence-electron chi connectivity index (χ0n) is 13.3. The maximum absolute atomic E-state index is 12.6. The number of hydrogen-bond donors (Lipinski definition) is 2. The Balaban J connectivity index is 1.56. The molecule has 1 unspecified atom stereocenters. The first kappa shape index (κ1) is 15.8. The highest BCUT2D eigenvalue weighted by Crippen LogP contribution is 2.22. The fourth-order valence-electron chi connectivity index (χ4n) is 3.47. The van der Waals surface area contributed by atoms with Crippen molar-refractivity contribution in [1.29, 1.82) is 0 Å². The van der Waals surface area contributed by atoms with Gasteiger partial charge in [0.25, 0.3) is 5.91 Å². The Morgan fingerprint density at radius 2 is 1.83 bits per heavy atom. The standard InChI is InChI=1S/C17H24N4O2/c18-17(23)19-11-13-3-5-14(6-4-13)16(22)21-10-7-15(12-21)20-8-1-2-9-20/h3-6,15H,1-2,7-12H2,(H3,18,19,23). The number of nitrogens with one attached hydrogen (secondary N) is 1. The van der Waals surface area contributed by atoms with Crippen molar-refractivity contribution in [3.05, 3.63) is 35.4 Å². The van der Waals surface area contributed by atoms with Crippen LogP contribution in [-0.4, -0.2) is 54.0 Å². The number of nitrogens with zero attached hydrogens (tertiary/aromatic N) is 2. The molecule has 0 radical (unpaired) electrons. The van der Waals surface area contributed by atoms with Gasteiger partial charge in [0.05, 0.1) is 0 Å². The second kappa shape index (κ2) is 7.00. The van der Waals surface area contributed by atoms with Crippen LogP contribution < -0.4 is 11.1 Å². The van der Waals surface area contributed by atoms with Crippen molar-refractivity contribution in [3.8, 4) is 0 Å². The number of hydrogen-bond acceptors (Lipinski definition) is 3. The van der Waals surface area contributed by atoms with Gasteiger partial charge in [-0.2, -0.15) is 0 Å². The minimum atomic E-state index is -0.546. The van der Waals surface area contributed by atoms with E-state index in [1.165, 1.54) is 25.9 Å². The highest BCUT2D eigenvalue weighted by Gasteiger charge is 2.31. The summed E-state index contributed by atoms with van der Waals surface area (Å²) in [6.07, 6.45) is 3.64. The fraction of sp³-hybridized carbons (Fsp3) is 0.529. The zero-order chi connectivity index (χ0) is 16.2. The molecule has 1 aromatic rings. The lowest BCUT2D eigenvalue weighted by atomic mass is 10.1. The quantitative estimate of drug-likeness (QED) is 0.875. The van der Waals surface area contributed by atoms with E-state index in [0.717, 1.165) is 25.1 Å². The van der Waals surface area contributed by atoms with Crippen LogP contribution in [0, 0.1) is 0 Å². The summed E-state index contributed by atoms with van der Waals surface area (Å²) in [7, 11) is 0. The van der Waals surface area contributed by atoms with Crippen molar-refractivity contribution >= 4 is 11.9 Å². The van der Waals surface area contributed by atoms with Gasteiger partial charge in [-0.15, -0.1) is 0 Å². The lowest BCUT2D eigenvalue weighted by Gasteiger charge is -2.23. The van der Waals surface area contributed by atoms with Gasteiger partial charge < -0.3 is 16.0 Å². The Morgan fingerprint density at radius 1 is 1.13 bits per heavy atom. The number of benzene rings is 1. The van der Waals surface area contributed by atoms with E-state index in [0.29, 0.717) is 18.2 Å². The van der Waals surface area contributed by atoms with Crippen molar-refractivity contribution in [2.24, 2.45) is 5.73 Å². The molecule has 0 bridgehead atoms. The third-order valence-corrected chi connectivity index (χ3v) is 4.78. The molecule has 124 valence electrons. The molecule has 0 saturated carbocycles. The molecule has 6 nitrogen and oxygen atoms in total. The smallest absolute Gasteiger partial charge is 0.312 e. The Bertz CT molecular complexity index is 566. The first-order valence-electron chi connectivity index (χ1n) is 8.29. The summed E-state index contributed by atoms with van der Waals surface area (Å²) in [5, 5.41) is 2.54. The van der Waals surface area contributed by atoms with Gasteiger partial charge >= 0.3 is 6.03 Å². The van der Waals surface area contributed by atoms with Crippen LogP contribution in [0.2, 0.25) is 0 Å². The molecule has 2 heterocycles. The number of carbonyl (C=O) groups is 2. The van der Waals surface area contributed by atoms with Gasteiger partial charge in [0.1, 0.15) is 0 Å². The highest BCUT2D eigenvalue weighted by atomic mass is 16.2. The minimum Gasteiger partial charge on any atom is -0.352 e. The van der Waals surface area contributed by atoms with Crippen molar-refractivity contribution in [2.75, 3.05) is 26.2 Å². The molecular formula is C17H24N4O2. The first-order chi connectivity index (χ1) is 11.1. The number of likely N-dealkylation sites (tertiary alicyclic amines) is 2. The minimum absolute atomic E-state index is 0.0982. The van der Waals surface area contributed by atoms with Crippen molar-refractivity contribution in [2.45, 2.75) is 31.8 Å². The molecule has 0 aliphatic carbocycles. The van der Waals surface area contributed by atoms with Gasteiger partial charge in [-0.3, -0.25) is 9.69 Å². The Labute approximate surface area is 136 Å². The Morgan fingerprint density at radius 3 is 2.48 bits per heavy atom. The van der Waals surface area contributed by atoms with E-state index in [-0.39, 0.29) is 5.91 Å². The number of urea groups is 1. The van der Waals surface area contributed by atoms with Crippen LogP contribution in [0.4, 0.5) is 4.79 Å². The summed E-state index contributed by atoms with van der Waals surface area (Å²) in [4.78, 5) is 27.8. The molecule has 3 amide bonds. The van der Waals surface area contributed by atoms with Crippen LogP contribution in [0.3, 0.4) is 0 Å². The molecule has 3 N–H and O–H groups in total.